The second kappa shape index (κ2) is 19.0. The van der Waals surface area contributed by atoms with Crippen LogP contribution < -0.4 is 5.32 Å². The van der Waals surface area contributed by atoms with Crippen LogP contribution in [-0.4, -0.2) is 12.6 Å². The van der Waals surface area contributed by atoms with Crippen molar-refractivity contribution >= 4 is 0 Å². The lowest BCUT2D eigenvalue weighted by atomic mass is 10.1. The maximum Gasteiger partial charge on any atom is 0.00617 e. The van der Waals surface area contributed by atoms with Gasteiger partial charge in [-0.15, -0.1) is 0 Å². The van der Waals surface area contributed by atoms with Gasteiger partial charge in [-0.25, -0.2) is 0 Å². The molecule has 1 N–H and O–H groups in total. The fraction of sp³-hybridized carbons (Fsp3) is 0.913. The second-order valence-corrected chi connectivity index (χ2v) is 7.92. The van der Waals surface area contributed by atoms with Crippen LogP contribution in [0, 0.1) is 5.92 Å². The molecule has 1 unspecified atom stereocenters. The minimum atomic E-state index is 0.660. The van der Waals surface area contributed by atoms with Crippen LogP contribution >= 0.6 is 0 Å². The lowest BCUT2D eigenvalue weighted by molar-refractivity contribution is 0.419. The Bertz CT molecular complexity index is 257. The summed E-state index contributed by atoms with van der Waals surface area (Å²) in [4.78, 5) is 0. The van der Waals surface area contributed by atoms with E-state index in [1.54, 1.807) is 0 Å². The molecule has 0 aromatic heterocycles. The van der Waals surface area contributed by atoms with Crippen molar-refractivity contribution in [3.05, 3.63) is 12.2 Å². The molecule has 0 rings (SSSR count). The van der Waals surface area contributed by atoms with Gasteiger partial charge < -0.3 is 5.32 Å². The zero-order valence-electron chi connectivity index (χ0n) is 17.4. The highest BCUT2D eigenvalue weighted by Crippen LogP contribution is 2.10. The Balaban J connectivity index is 3.13. The van der Waals surface area contributed by atoms with E-state index in [4.69, 9.17) is 0 Å². The molecule has 144 valence electrons. The summed E-state index contributed by atoms with van der Waals surface area (Å²) in [6.07, 6.45) is 24.3. The molecule has 0 saturated carbocycles. The molecule has 0 aliphatic rings. The van der Waals surface area contributed by atoms with Crippen LogP contribution in [0.3, 0.4) is 0 Å². The van der Waals surface area contributed by atoms with Crippen LogP contribution in [0.15, 0.2) is 12.2 Å². The summed E-state index contributed by atoms with van der Waals surface area (Å²) in [5, 5.41) is 3.62. The third-order valence-electron chi connectivity index (χ3n) is 5.15. The Morgan fingerprint density at radius 3 is 1.58 bits per heavy atom. The minimum absolute atomic E-state index is 0.660. The van der Waals surface area contributed by atoms with Gasteiger partial charge in [0, 0.05) is 6.04 Å². The number of allylic oxidation sites excluding steroid dienone is 2. The minimum Gasteiger partial charge on any atom is -0.314 e. The largest absolute Gasteiger partial charge is 0.314 e. The Kier molecular flexibility index (Phi) is 18.8. The van der Waals surface area contributed by atoms with Gasteiger partial charge in [-0.3, -0.25) is 0 Å². The summed E-state index contributed by atoms with van der Waals surface area (Å²) in [5.41, 5.74) is 0. The van der Waals surface area contributed by atoms with Gasteiger partial charge in [0.2, 0.25) is 0 Å². The van der Waals surface area contributed by atoms with Crippen LogP contribution in [0.5, 0.6) is 0 Å². The molecule has 0 aliphatic heterocycles. The number of unbranched alkanes of at least 4 members (excludes halogenated alkanes) is 12. The van der Waals surface area contributed by atoms with Gasteiger partial charge in [-0.2, -0.15) is 0 Å². The number of rotatable bonds is 18. The molecule has 0 bridgehead atoms. The number of hydrogen-bond donors (Lipinski definition) is 1. The third-order valence-corrected chi connectivity index (χ3v) is 5.15. The van der Waals surface area contributed by atoms with E-state index in [0.29, 0.717) is 6.04 Å². The van der Waals surface area contributed by atoms with Crippen molar-refractivity contribution in [3.63, 3.8) is 0 Å². The molecule has 0 radical (unpaired) electrons. The summed E-state index contributed by atoms with van der Waals surface area (Å²) >= 11 is 0. The van der Waals surface area contributed by atoms with Gasteiger partial charge in [0.05, 0.1) is 0 Å². The van der Waals surface area contributed by atoms with Gasteiger partial charge >= 0.3 is 0 Å². The Labute approximate surface area is 154 Å². The first-order valence-corrected chi connectivity index (χ1v) is 11.1. The predicted molar refractivity (Wildman–Crippen MR) is 112 cm³/mol. The molecule has 0 aromatic rings. The average molecular weight is 338 g/mol. The second-order valence-electron chi connectivity index (χ2n) is 7.92. The smallest absolute Gasteiger partial charge is 0.00617 e. The van der Waals surface area contributed by atoms with Crippen LogP contribution in [0.1, 0.15) is 118 Å². The maximum atomic E-state index is 3.62. The van der Waals surface area contributed by atoms with Crippen molar-refractivity contribution in [1.82, 2.24) is 5.32 Å². The standard InChI is InChI=1S/C23H47N/c1-5-6-7-8-9-10-11-12-13-14-15-16-17-18-19-20-21-24-23(4)22(2)3/h12-13,22-24H,5-11,14-21H2,1-4H3/b13-12-. The van der Waals surface area contributed by atoms with E-state index in [2.05, 4.69) is 45.2 Å². The third kappa shape index (κ3) is 18.0. The normalized spacial score (nSPS) is 13.2. The Morgan fingerprint density at radius 1 is 0.625 bits per heavy atom. The molecule has 0 heterocycles. The number of nitrogens with one attached hydrogen (secondary N) is 1. The zero-order valence-corrected chi connectivity index (χ0v) is 17.4. The number of hydrogen-bond acceptors (Lipinski definition) is 1. The first-order chi connectivity index (χ1) is 11.7. The molecule has 0 saturated heterocycles. The van der Waals surface area contributed by atoms with E-state index < -0.39 is 0 Å². The Morgan fingerprint density at radius 2 is 1.08 bits per heavy atom. The molecule has 0 aromatic carbocycles. The van der Waals surface area contributed by atoms with Crippen molar-refractivity contribution in [1.29, 1.82) is 0 Å². The van der Waals surface area contributed by atoms with Crippen LogP contribution in [0.2, 0.25) is 0 Å². The van der Waals surface area contributed by atoms with E-state index >= 15 is 0 Å². The molecule has 1 heteroatoms. The molecule has 0 fully saturated rings. The van der Waals surface area contributed by atoms with E-state index in [9.17, 15) is 0 Å². The molecule has 0 amide bonds. The van der Waals surface area contributed by atoms with Gasteiger partial charge in [0.1, 0.15) is 0 Å². The molecule has 1 nitrogen and oxygen atoms in total. The van der Waals surface area contributed by atoms with Crippen molar-refractivity contribution in [3.8, 4) is 0 Å². The van der Waals surface area contributed by atoms with E-state index in [1.807, 2.05) is 0 Å². The fourth-order valence-corrected chi connectivity index (χ4v) is 2.94. The first-order valence-electron chi connectivity index (χ1n) is 11.1. The molecular formula is C23H47N. The fourth-order valence-electron chi connectivity index (χ4n) is 2.94. The van der Waals surface area contributed by atoms with Gasteiger partial charge in [0.25, 0.3) is 0 Å². The molecule has 24 heavy (non-hydrogen) atoms. The summed E-state index contributed by atoms with van der Waals surface area (Å²) < 4.78 is 0. The molecule has 0 aliphatic carbocycles. The predicted octanol–water partition coefficient (Wildman–Crippen LogP) is 7.66. The quantitative estimate of drug-likeness (QED) is 0.200. The summed E-state index contributed by atoms with van der Waals surface area (Å²) in [6, 6.07) is 0.660. The highest BCUT2D eigenvalue weighted by atomic mass is 14.9. The lowest BCUT2D eigenvalue weighted by Crippen LogP contribution is -2.31. The van der Waals surface area contributed by atoms with Crippen LogP contribution in [-0.2, 0) is 0 Å². The van der Waals surface area contributed by atoms with E-state index in [1.165, 1.54) is 96.4 Å². The van der Waals surface area contributed by atoms with Gasteiger partial charge in [-0.1, -0.05) is 90.7 Å². The molecule has 0 spiro atoms. The first kappa shape index (κ1) is 23.7. The summed E-state index contributed by atoms with van der Waals surface area (Å²) in [6.45, 7) is 10.4. The van der Waals surface area contributed by atoms with Crippen molar-refractivity contribution in [2.24, 2.45) is 5.92 Å². The lowest BCUT2D eigenvalue weighted by Gasteiger charge is -2.17. The molecular weight excluding hydrogens is 290 g/mol. The summed E-state index contributed by atoms with van der Waals surface area (Å²) in [7, 11) is 0. The van der Waals surface area contributed by atoms with Crippen LogP contribution in [0.25, 0.3) is 0 Å². The van der Waals surface area contributed by atoms with Crippen LogP contribution in [0.4, 0.5) is 0 Å². The van der Waals surface area contributed by atoms with Gasteiger partial charge in [0.15, 0.2) is 0 Å². The topological polar surface area (TPSA) is 12.0 Å². The highest BCUT2D eigenvalue weighted by Gasteiger charge is 2.04. The van der Waals surface area contributed by atoms with Crippen molar-refractivity contribution in [2.45, 2.75) is 124 Å². The molecule has 1 atom stereocenters. The van der Waals surface area contributed by atoms with Gasteiger partial charge in [-0.05, 0) is 51.5 Å². The summed E-state index contributed by atoms with van der Waals surface area (Å²) in [5.74, 6) is 0.749. The average Bonchev–Trinajstić information content (AvgIpc) is 2.57. The highest BCUT2D eigenvalue weighted by molar-refractivity contribution is 4.81. The SMILES string of the molecule is CCCCCCCC/C=C\CCCCCCCCNC(C)C(C)C. The van der Waals surface area contributed by atoms with Crippen molar-refractivity contribution in [2.75, 3.05) is 6.54 Å². The Hall–Kier alpha value is -0.300. The zero-order chi connectivity index (χ0) is 17.9. The monoisotopic (exact) mass is 337 g/mol. The van der Waals surface area contributed by atoms with E-state index in [0.717, 1.165) is 5.92 Å². The van der Waals surface area contributed by atoms with E-state index in [-0.39, 0.29) is 0 Å². The maximum absolute atomic E-state index is 3.62. The van der Waals surface area contributed by atoms with Crippen molar-refractivity contribution < 1.29 is 0 Å².